The van der Waals surface area contributed by atoms with Crippen LogP contribution in [0.15, 0.2) is 0 Å². The number of hydrogen-bond donors (Lipinski definition) is 2. The summed E-state index contributed by atoms with van der Waals surface area (Å²) in [4.78, 5) is 10.1. The minimum atomic E-state index is -3.52. The van der Waals surface area contributed by atoms with E-state index in [1.54, 1.807) is 0 Å². The minimum Gasteiger partial charge on any atom is -0.479 e. The van der Waals surface area contributed by atoms with Crippen LogP contribution in [0.1, 0.15) is 0 Å². The lowest BCUT2D eigenvalue weighted by atomic mass is 10.7. The summed E-state index contributed by atoms with van der Waals surface area (Å²) in [6.45, 7) is 0. The van der Waals surface area contributed by atoms with E-state index in [1.165, 1.54) is 7.05 Å². The van der Waals surface area contributed by atoms with Crippen molar-refractivity contribution in [3.05, 3.63) is 0 Å². The zero-order valence-corrected chi connectivity index (χ0v) is 6.47. The minimum absolute atomic E-state index is 0.863. The molecule has 0 aromatic heterocycles. The largest absolute Gasteiger partial charge is 0.479 e. The van der Waals surface area contributed by atoms with Gasteiger partial charge in [-0.1, -0.05) is 0 Å². The molecule has 5 nitrogen and oxygen atoms in total. The normalized spacial score (nSPS) is 14.6. The predicted octanol–water partition coefficient (Wildman–Crippen LogP) is -1.34. The van der Waals surface area contributed by atoms with Gasteiger partial charge in [-0.3, -0.25) is 5.32 Å². The van der Waals surface area contributed by atoms with Crippen molar-refractivity contribution in [3.63, 3.8) is 0 Å². The van der Waals surface area contributed by atoms with E-state index < -0.39 is 21.2 Å². The maximum absolute atomic E-state index is 10.6. The first-order chi connectivity index (χ1) is 4.39. The van der Waals surface area contributed by atoms with Gasteiger partial charge in [0.15, 0.2) is 9.84 Å². The van der Waals surface area contributed by atoms with Crippen molar-refractivity contribution in [2.45, 2.75) is 5.37 Å². The van der Waals surface area contributed by atoms with Gasteiger partial charge in [0, 0.05) is 6.26 Å². The fourth-order valence-electron chi connectivity index (χ4n) is 0.521. The lowest BCUT2D eigenvalue weighted by molar-refractivity contribution is -0.137. The van der Waals surface area contributed by atoms with E-state index in [4.69, 9.17) is 5.11 Å². The summed E-state index contributed by atoms with van der Waals surface area (Å²) in [7, 11) is -2.25. The molecule has 0 bridgehead atoms. The molecule has 0 heterocycles. The van der Waals surface area contributed by atoms with E-state index in [2.05, 4.69) is 5.32 Å². The smallest absolute Gasteiger partial charge is 0.336 e. The average Bonchev–Trinajstić information content (AvgIpc) is 1.60. The van der Waals surface area contributed by atoms with Crippen LogP contribution in [0.3, 0.4) is 0 Å². The molecule has 0 amide bonds. The molecule has 0 fully saturated rings. The molecule has 0 aromatic carbocycles. The second-order valence-corrected chi connectivity index (χ2v) is 3.97. The first kappa shape index (κ1) is 9.38. The third-order valence-corrected chi connectivity index (χ3v) is 2.21. The molecular formula is C4H9NO4S. The number of carboxylic acid groups (broad SMARTS) is 1. The Morgan fingerprint density at radius 2 is 2.00 bits per heavy atom. The van der Waals surface area contributed by atoms with Crippen molar-refractivity contribution in [2.75, 3.05) is 13.3 Å². The van der Waals surface area contributed by atoms with Crippen LogP contribution in [-0.4, -0.2) is 38.2 Å². The van der Waals surface area contributed by atoms with Crippen molar-refractivity contribution in [3.8, 4) is 0 Å². The molecule has 0 rings (SSSR count). The Hall–Kier alpha value is -0.620. The maximum atomic E-state index is 10.6. The Morgan fingerprint density at radius 1 is 1.60 bits per heavy atom. The van der Waals surface area contributed by atoms with Crippen LogP contribution in [0.4, 0.5) is 0 Å². The second kappa shape index (κ2) is 2.98. The zero-order valence-electron chi connectivity index (χ0n) is 5.66. The van der Waals surface area contributed by atoms with Crippen LogP contribution in [0.5, 0.6) is 0 Å². The number of likely N-dealkylation sites (N-methyl/N-ethyl adjacent to an activating group) is 1. The summed E-state index contributed by atoms with van der Waals surface area (Å²) in [5.41, 5.74) is 0. The fraction of sp³-hybridized carbons (Fsp3) is 0.750. The van der Waals surface area contributed by atoms with Crippen LogP contribution >= 0.6 is 0 Å². The van der Waals surface area contributed by atoms with Crippen LogP contribution < -0.4 is 5.32 Å². The first-order valence-corrected chi connectivity index (χ1v) is 4.44. The van der Waals surface area contributed by atoms with Gasteiger partial charge in [-0.05, 0) is 7.05 Å². The zero-order chi connectivity index (χ0) is 8.36. The van der Waals surface area contributed by atoms with Gasteiger partial charge in [-0.2, -0.15) is 0 Å². The van der Waals surface area contributed by atoms with Gasteiger partial charge >= 0.3 is 5.97 Å². The molecule has 0 aliphatic rings. The van der Waals surface area contributed by atoms with Crippen LogP contribution in [0, 0.1) is 0 Å². The molecule has 1 atom stereocenters. The third-order valence-electron chi connectivity index (χ3n) is 0.915. The molecule has 0 aliphatic heterocycles. The quantitative estimate of drug-likeness (QED) is 0.543. The average molecular weight is 167 g/mol. The Bertz CT molecular complexity index is 219. The summed E-state index contributed by atoms with van der Waals surface area (Å²) in [6, 6.07) is 0. The first-order valence-electron chi connectivity index (χ1n) is 2.48. The van der Waals surface area contributed by atoms with E-state index in [1.807, 2.05) is 0 Å². The Labute approximate surface area is 59.0 Å². The summed E-state index contributed by atoms with van der Waals surface area (Å²) in [5, 5.41) is 8.93. The number of carboxylic acids is 1. The summed E-state index contributed by atoms with van der Waals surface area (Å²) in [5.74, 6) is -1.38. The number of hydrogen-bond acceptors (Lipinski definition) is 4. The van der Waals surface area contributed by atoms with E-state index in [-0.39, 0.29) is 0 Å². The standard InChI is InChI=1S/C4H9NO4S/c1-5-3(4(6)7)10(2,8)9/h3,5H,1-2H3,(H,6,7). The number of nitrogens with one attached hydrogen (secondary N) is 1. The topological polar surface area (TPSA) is 83.5 Å². The Balaban J connectivity index is 4.55. The second-order valence-electron chi connectivity index (χ2n) is 1.84. The van der Waals surface area contributed by atoms with E-state index in [0.717, 1.165) is 6.26 Å². The monoisotopic (exact) mass is 167 g/mol. The highest BCUT2D eigenvalue weighted by Crippen LogP contribution is 1.92. The molecular weight excluding hydrogens is 158 g/mol. The van der Waals surface area contributed by atoms with Gasteiger partial charge in [0.05, 0.1) is 0 Å². The molecule has 0 saturated heterocycles. The predicted molar refractivity (Wildman–Crippen MR) is 35.3 cm³/mol. The van der Waals surface area contributed by atoms with Gasteiger partial charge in [-0.25, -0.2) is 13.2 Å². The summed E-state index contributed by atoms with van der Waals surface area (Å²) in [6.07, 6.45) is 0.863. The highest BCUT2D eigenvalue weighted by atomic mass is 32.2. The van der Waals surface area contributed by atoms with E-state index >= 15 is 0 Å². The molecule has 0 aromatic rings. The van der Waals surface area contributed by atoms with Crippen molar-refractivity contribution in [1.29, 1.82) is 0 Å². The van der Waals surface area contributed by atoms with Crippen molar-refractivity contribution >= 4 is 15.8 Å². The van der Waals surface area contributed by atoms with Crippen LogP contribution in [0.25, 0.3) is 0 Å². The molecule has 0 radical (unpaired) electrons. The van der Waals surface area contributed by atoms with Crippen LogP contribution in [0.2, 0.25) is 0 Å². The van der Waals surface area contributed by atoms with Gasteiger partial charge < -0.3 is 5.11 Å². The van der Waals surface area contributed by atoms with Gasteiger partial charge in [0.1, 0.15) is 0 Å². The molecule has 60 valence electrons. The van der Waals surface area contributed by atoms with Gasteiger partial charge in [0.2, 0.25) is 5.37 Å². The Kier molecular flexibility index (Phi) is 2.79. The third kappa shape index (κ3) is 2.32. The summed E-state index contributed by atoms with van der Waals surface area (Å²) >= 11 is 0. The molecule has 0 aliphatic carbocycles. The molecule has 1 unspecified atom stereocenters. The molecule has 0 spiro atoms. The number of carbonyl (C=O) groups is 1. The summed E-state index contributed by atoms with van der Waals surface area (Å²) < 4.78 is 21.1. The highest BCUT2D eigenvalue weighted by molar-refractivity contribution is 7.92. The van der Waals surface area contributed by atoms with E-state index in [0.29, 0.717) is 0 Å². The maximum Gasteiger partial charge on any atom is 0.336 e. The SMILES string of the molecule is CNC(C(=O)O)S(C)(=O)=O. The van der Waals surface area contributed by atoms with Gasteiger partial charge in [0.25, 0.3) is 0 Å². The fourth-order valence-corrected chi connectivity index (χ4v) is 1.32. The van der Waals surface area contributed by atoms with Crippen LogP contribution in [-0.2, 0) is 14.6 Å². The molecule has 2 N–H and O–H groups in total. The van der Waals surface area contributed by atoms with Crippen molar-refractivity contribution < 1.29 is 18.3 Å². The molecule has 6 heteroatoms. The highest BCUT2D eigenvalue weighted by Gasteiger charge is 2.25. The van der Waals surface area contributed by atoms with Crippen molar-refractivity contribution in [2.24, 2.45) is 0 Å². The lowest BCUT2D eigenvalue weighted by Gasteiger charge is -2.06. The van der Waals surface area contributed by atoms with E-state index in [9.17, 15) is 13.2 Å². The van der Waals surface area contributed by atoms with Gasteiger partial charge in [-0.15, -0.1) is 0 Å². The lowest BCUT2D eigenvalue weighted by Crippen LogP contribution is -2.40. The number of aliphatic carboxylic acids is 1. The van der Waals surface area contributed by atoms with Crippen molar-refractivity contribution in [1.82, 2.24) is 5.32 Å². The molecule has 10 heavy (non-hydrogen) atoms. The number of rotatable bonds is 3. The number of sulfone groups is 1. The Morgan fingerprint density at radius 3 is 2.00 bits per heavy atom. The molecule has 0 saturated carbocycles.